The van der Waals surface area contributed by atoms with Crippen LogP contribution in [-0.4, -0.2) is 22.8 Å². The molecule has 4 nitrogen and oxygen atoms in total. The highest BCUT2D eigenvalue weighted by molar-refractivity contribution is 5.73. The Balaban J connectivity index is 1.54. The molecule has 1 fully saturated rings. The molecule has 0 spiro atoms. The highest BCUT2D eigenvalue weighted by Gasteiger charge is 2.19. The van der Waals surface area contributed by atoms with Gasteiger partial charge in [0, 0.05) is 37.3 Å². The summed E-state index contributed by atoms with van der Waals surface area (Å²) >= 11 is 0. The van der Waals surface area contributed by atoms with E-state index in [9.17, 15) is 0 Å². The Morgan fingerprint density at radius 3 is 2.65 bits per heavy atom. The van der Waals surface area contributed by atoms with Crippen molar-refractivity contribution >= 4 is 0 Å². The molecule has 4 heteroatoms. The number of imidazole rings is 1. The van der Waals surface area contributed by atoms with Gasteiger partial charge < -0.3 is 14.0 Å². The molecular formula is C27H30N2O2. The van der Waals surface area contributed by atoms with Crippen LogP contribution in [-0.2, 0) is 13.5 Å². The predicted molar refractivity (Wildman–Crippen MR) is 124 cm³/mol. The Kier molecular flexibility index (Phi) is 6.62. The van der Waals surface area contributed by atoms with E-state index in [0.29, 0.717) is 0 Å². The summed E-state index contributed by atoms with van der Waals surface area (Å²) in [4.78, 5) is 4.46. The van der Waals surface area contributed by atoms with Crippen LogP contribution >= 0.6 is 0 Å². The molecule has 4 rings (SSSR count). The standard InChI is InChI=1S/C27H30N2O2/c1-20-19-28-27(29(20)2)15-9-5-11-21-10-4-8-14-24(21)22-16-17-25(30-3)26(18-22)31-23-12-6-7-13-23/h4,8,10,14,16-19,23H,6-7,9,12-13,15H2,1-3H3. The molecule has 3 aromatic rings. The topological polar surface area (TPSA) is 36.3 Å². The van der Waals surface area contributed by atoms with Crippen LogP contribution in [0.1, 0.15) is 49.2 Å². The van der Waals surface area contributed by atoms with Crippen LogP contribution in [0, 0.1) is 18.8 Å². The molecule has 160 valence electrons. The maximum atomic E-state index is 6.29. The first-order valence-corrected chi connectivity index (χ1v) is 11.1. The molecule has 1 aromatic heterocycles. The van der Waals surface area contributed by atoms with Crippen molar-refractivity contribution in [3.05, 3.63) is 65.7 Å². The van der Waals surface area contributed by atoms with Gasteiger partial charge in [-0.2, -0.15) is 0 Å². The molecule has 0 radical (unpaired) electrons. The summed E-state index contributed by atoms with van der Waals surface area (Å²) in [6.07, 6.45) is 8.53. The Labute approximate surface area is 185 Å². The second-order valence-corrected chi connectivity index (χ2v) is 8.11. The summed E-state index contributed by atoms with van der Waals surface area (Å²) in [5, 5.41) is 0. The molecule has 31 heavy (non-hydrogen) atoms. The number of nitrogens with zero attached hydrogens (tertiary/aromatic N) is 2. The molecule has 0 aliphatic heterocycles. The third-order valence-corrected chi connectivity index (χ3v) is 6.01. The van der Waals surface area contributed by atoms with Gasteiger partial charge in [-0.05, 0) is 61.9 Å². The van der Waals surface area contributed by atoms with Crippen molar-refractivity contribution < 1.29 is 9.47 Å². The van der Waals surface area contributed by atoms with Crippen LogP contribution in [0.25, 0.3) is 11.1 Å². The Bertz CT molecular complexity index is 1100. The zero-order valence-corrected chi connectivity index (χ0v) is 18.6. The lowest BCUT2D eigenvalue weighted by Crippen LogP contribution is -2.11. The third-order valence-electron chi connectivity index (χ3n) is 6.01. The number of methoxy groups -OCH3 is 1. The van der Waals surface area contributed by atoms with Gasteiger partial charge in [0.2, 0.25) is 0 Å². The molecule has 2 aromatic carbocycles. The van der Waals surface area contributed by atoms with Gasteiger partial charge in [-0.3, -0.25) is 0 Å². The molecule has 0 saturated heterocycles. The van der Waals surface area contributed by atoms with Crippen molar-refractivity contribution in [2.24, 2.45) is 7.05 Å². The zero-order chi connectivity index (χ0) is 21.6. The van der Waals surface area contributed by atoms with Crippen LogP contribution in [0.15, 0.2) is 48.7 Å². The zero-order valence-electron chi connectivity index (χ0n) is 18.6. The number of hydrogen-bond acceptors (Lipinski definition) is 3. The van der Waals surface area contributed by atoms with E-state index >= 15 is 0 Å². The van der Waals surface area contributed by atoms with Crippen LogP contribution in [0.5, 0.6) is 11.5 Å². The minimum absolute atomic E-state index is 0.286. The predicted octanol–water partition coefficient (Wildman–Crippen LogP) is 5.71. The van der Waals surface area contributed by atoms with E-state index in [-0.39, 0.29) is 6.10 Å². The fourth-order valence-electron chi connectivity index (χ4n) is 4.07. The average molecular weight is 415 g/mol. The summed E-state index contributed by atoms with van der Waals surface area (Å²) in [6.45, 7) is 2.07. The maximum Gasteiger partial charge on any atom is 0.162 e. The van der Waals surface area contributed by atoms with E-state index in [1.54, 1.807) is 7.11 Å². The van der Waals surface area contributed by atoms with Crippen LogP contribution < -0.4 is 9.47 Å². The molecule has 1 aliphatic rings. The van der Waals surface area contributed by atoms with Crippen molar-refractivity contribution in [2.75, 3.05) is 7.11 Å². The lowest BCUT2D eigenvalue weighted by Gasteiger charge is -2.17. The van der Waals surface area contributed by atoms with Crippen molar-refractivity contribution in [3.8, 4) is 34.5 Å². The maximum absolute atomic E-state index is 6.29. The van der Waals surface area contributed by atoms with Gasteiger partial charge >= 0.3 is 0 Å². The van der Waals surface area contributed by atoms with Gasteiger partial charge in [0.25, 0.3) is 0 Å². The Hall–Kier alpha value is -3.19. The smallest absolute Gasteiger partial charge is 0.162 e. The first kappa shape index (κ1) is 21.1. The van der Waals surface area contributed by atoms with E-state index in [1.165, 1.54) is 18.5 Å². The fourth-order valence-corrected chi connectivity index (χ4v) is 4.07. The minimum atomic E-state index is 0.286. The molecule has 1 aliphatic carbocycles. The summed E-state index contributed by atoms with van der Waals surface area (Å²) < 4.78 is 14.0. The van der Waals surface area contributed by atoms with Gasteiger partial charge in [0.15, 0.2) is 11.5 Å². The number of rotatable bonds is 6. The normalized spacial score (nSPS) is 13.6. The third kappa shape index (κ3) is 4.94. The van der Waals surface area contributed by atoms with Crippen molar-refractivity contribution in [1.29, 1.82) is 0 Å². The van der Waals surface area contributed by atoms with Crippen LogP contribution in [0.4, 0.5) is 0 Å². The van der Waals surface area contributed by atoms with E-state index < -0.39 is 0 Å². The Morgan fingerprint density at radius 2 is 1.90 bits per heavy atom. The highest BCUT2D eigenvalue weighted by Crippen LogP contribution is 2.36. The van der Waals surface area contributed by atoms with E-state index in [0.717, 1.165) is 59.7 Å². The van der Waals surface area contributed by atoms with Crippen LogP contribution in [0.2, 0.25) is 0 Å². The number of benzene rings is 2. The number of aryl methyl sites for hydroxylation is 2. The van der Waals surface area contributed by atoms with E-state index in [1.807, 2.05) is 18.3 Å². The van der Waals surface area contributed by atoms with Crippen molar-refractivity contribution in [1.82, 2.24) is 9.55 Å². The average Bonchev–Trinajstić information content (AvgIpc) is 3.42. The number of hydrogen-bond donors (Lipinski definition) is 0. The molecule has 0 unspecified atom stereocenters. The molecule has 0 atom stereocenters. The van der Waals surface area contributed by atoms with Gasteiger partial charge in [-0.25, -0.2) is 4.98 Å². The molecular weight excluding hydrogens is 384 g/mol. The molecule has 1 heterocycles. The SMILES string of the molecule is COc1ccc(-c2ccccc2C#CCCc2ncc(C)n2C)cc1OC1CCCC1. The molecule has 0 bridgehead atoms. The molecule has 0 amide bonds. The van der Waals surface area contributed by atoms with Crippen molar-refractivity contribution in [3.63, 3.8) is 0 Å². The van der Waals surface area contributed by atoms with Gasteiger partial charge in [0.05, 0.1) is 13.2 Å². The quantitative estimate of drug-likeness (QED) is 0.485. The molecule has 1 saturated carbocycles. The lowest BCUT2D eigenvalue weighted by atomic mass is 9.99. The van der Waals surface area contributed by atoms with Crippen LogP contribution in [0.3, 0.4) is 0 Å². The first-order chi connectivity index (χ1) is 15.2. The van der Waals surface area contributed by atoms with E-state index in [2.05, 4.69) is 65.7 Å². The summed E-state index contributed by atoms with van der Waals surface area (Å²) in [7, 11) is 3.74. The van der Waals surface area contributed by atoms with Gasteiger partial charge in [-0.15, -0.1) is 0 Å². The van der Waals surface area contributed by atoms with Crippen molar-refractivity contribution in [2.45, 2.75) is 51.6 Å². The summed E-state index contributed by atoms with van der Waals surface area (Å²) in [5.74, 6) is 9.38. The van der Waals surface area contributed by atoms with E-state index in [4.69, 9.17) is 9.47 Å². The number of aromatic nitrogens is 2. The van der Waals surface area contributed by atoms with Gasteiger partial charge in [0.1, 0.15) is 5.82 Å². The largest absolute Gasteiger partial charge is 0.493 e. The minimum Gasteiger partial charge on any atom is -0.493 e. The second kappa shape index (κ2) is 9.75. The van der Waals surface area contributed by atoms with Gasteiger partial charge in [-0.1, -0.05) is 36.1 Å². The highest BCUT2D eigenvalue weighted by atomic mass is 16.5. The Morgan fingerprint density at radius 1 is 1.10 bits per heavy atom. The second-order valence-electron chi connectivity index (χ2n) is 8.11. The molecule has 0 N–H and O–H groups in total. The lowest BCUT2D eigenvalue weighted by molar-refractivity contribution is 0.201. The monoisotopic (exact) mass is 414 g/mol. The fraction of sp³-hybridized carbons (Fsp3) is 0.370. The summed E-state index contributed by atoms with van der Waals surface area (Å²) in [5.41, 5.74) is 4.40. The first-order valence-electron chi connectivity index (χ1n) is 11.1. The summed E-state index contributed by atoms with van der Waals surface area (Å²) in [6, 6.07) is 14.5. The number of ether oxygens (including phenoxy) is 2.